The number of carbonyl (C=O) groups is 2. The first-order chi connectivity index (χ1) is 12.0. The summed E-state index contributed by atoms with van der Waals surface area (Å²) in [5.41, 5.74) is 1.99. The van der Waals surface area contributed by atoms with Gasteiger partial charge in [-0.2, -0.15) is 0 Å². The Labute approximate surface area is 148 Å². The monoisotopic (exact) mass is 353 g/mol. The molecule has 0 saturated heterocycles. The zero-order valence-corrected chi connectivity index (χ0v) is 14.7. The molecule has 3 aromatic rings. The van der Waals surface area contributed by atoms with Gasteiger partial charge in [0.05, 0.1) is 6.20 Å². The number of carboxylic acids is 1. The molecule has 1 amide bonds. The summed E-state index contributed by atoms with van der Waals surface area (Å²) < 4.78 is 0. The molecule has 0 fully saturated rings. The van der Waals surface area contributed by atoms with Gasteiger partial charge in [-0.05, 0) is 25.1 Å². The molecule has 2 aromatic heterocycles. The van der Waals surface area contributed by atoms with Crippen LogP contribution in [0.15, 0.2) is 60.2 Å². The number of aryl methyl sites for hydroxylation is 1. The third-order valence-corrected chi connectivity index (χ3v) is 5.84. The Hall–Kier alpha value is -2.99. The van der Waals surface area contributed by atoms with Crippen LogP contribution < -0.4 is 4.90 Å². The molecule has 6 heteroatoms. The Morgan fingerprint density at radius 3 is 2.44 bits per heavy atom. The van der Waals surface area contributed by atoms with Gasteiger partial charge in [-0.1, -0.05) is 17.7 Å². The molecule has 0 aliphatic carbocycles. The number of amides is 1. The minimum atomic E-state index is -1.03. The number of carbonyl (C=O) groups excluding carboxylic acids is 1. The number of nitrogens with zero attached hydrogens (tertiary/aromatic N) is 2. The largest absolute Gasteiger partial charge is 0.474 e. The molecule has 25 heavy (non-hydrogen) atoms. The molecule has 3 rings (SSSR count). The fourth-order valence-electron chi connectivity index (χ4n) is 2.53. The highest BCUT2D eigenvalue weighted by Crippen LogP contribution is 2.41. The lowest BCUT2D eigenvalue weighted by atomic mass is 10.1. The third kappa shape index (κ3) is 3.29. The topological polar surface area (TPSA) is 70.5 Å². The van der Waals surface area contributed by atoms with Crippen LogP contribution in [-0.2, 0) is 0 Å². The zero-order valence-electron chi connectivity index (χ0n) is 13.8. The predicted octanol–water partition coefficient (Wildman–Crippen LogP) is 4.10. The summed E-state index contributed by atoms with van der Waals surface area (Å²) in [5.74, 6) is -1.27. The van der Waals surface area contributed by atoms with E-state index in [-0.39, 0.29) is 10.8 Å². The molecule has 0 spiro atoms. The van der Waals surface area contributed by atoms with Crippen molar-refractivity contribution in [2.75, 3.05) is 11.9 Å². The molecular weight excluding hydrogens is 336 g/mol. The Morgan fingerprint density at radius 1 is 1.12 bits per heavy atom. The molecule has 0 aliphatic rings. The number of pyridine rings is 1. The van der Waals surface area contributed by atoms with Crippen LogP contribution in [0, 0.1) is 6.92 Å². The number of benzene rings is 1. The molecule has 1 unspecified atom stereocenters. The molecule has 0 saturated carbocycles. The smallest absolute Gasteiger partial charge is 0.391 e. The third-order valence-electron chi connectivity index (χ3n) is 3.86. The van der Waals surface area contributed by atoms with Crippen molar-refractivity contribution in [2.45, 2.75) is 6.92 Å². The van der Waals surface area contributed by atoms with E-state index in [4.69, 9.17) is 0 Å². The van der Waals surface area contributed by atoms with E-state index in [0.717, 1.165) is 10.5 Å². The number of anilines is 1. The predicted molar refractivity (Wildman–Crippen MR) is 98.9 cm³/mol. The highest BCUT2D eigenvalue weighted by atomic mass is 32.2. The van der Waals surface area contributed by atoms with Gasteiger partial charge >= 0.3 is 5.97 Å². The molecule has 0 radical (unpaired) electrons. The molecule has 0 bridgehead atoms. The molecule has 2 heterocycles. The van der Waals surface area contributed by atoms with Crippen LogP contribution >= 0.6 is 10.5 Å². The van der Waals surface area contributed by atoms with Crippen LogP contribution in [0.25, 0.3) is 4.90 Å². The van der Waals surface area contributed by atoms with Gasteiger partial charge in [0.15, 0.2) is 4.90 Å². The van der Waals surface area contributed by atoms with Crippen LogP contribution in [-0.4, -0.2) is 29.0 Å². The molecule has 0 aliphatic heterocycles. The van der Waals surface area contributed by atoms with Crippen LogP contribution in [0.3, 0.4) is 0 Å². The van der Waals surface area contributed by atoms with Crippen LogP contribution in [0.2, 0.25) is 0 Å². The van der Waals surface area contributed by atoms with E-state index >= 15 is 0 Å². The summed E-state index contributed by atoms with van der Waals surface area (Å²) in [6.07, 6.45) is 3.30. The first-order valence-electron chi connectivity index (χ1n) is 7.62. The Balaban J connectivity index is 2.02. The van der Waals surface area contributed by atoms with Crippen molar-refractivity contribution in [1.29, 1.82) is 0 Å². The number of thiophene rings is 1. The van der Waals surface area contributed by atoms with Gasteiger partial charge in [-0.3, -0.25) is 9.78 Å². The van der Waals surface area contributed by atoms with E-state index in [9.17, 15) is 14.7 Å². The van der Waals surface area contributed by atoms with Crippen LogP contribution in [0.5, 0.6) is 0 Å². The molecule has 1 atom stereocenters. The minimum Gasteiger partial charge on any atom is -0.474 e. The molecule has 126 valence electrons. The normalized spacial score (nSPS) is 11.2. The standard InChI is InChI=1S/C19H16N2O3S/c1-13-5-7-14(8-6-13)18(22)21(2)16-9-11-25(17(16)19(23)24)15-4-3-10-20-12-15/h3-12H,1-2H3/p+1. The van der Waals surface area contributed by atoms with E-state index in [0.29, 0.717) is 11.3 Å². The van der Waals surface area contributed by atoms with Crippen molar-refractivity contribution in [1.82, 2.24) is 4.98 Å². The number of hydrogen-bond acceptors (Lipinski definition) is 3. The van der Waals surface area contributed by atoms with Crippen molar-refractivity contribution >= 4 is 28.0 Å². The summed E-state index contributed by atoms with van der Waals surface area (Å²) in [6.45, 7) is 1.95. The lowest BCUT2D eigenvalue weighted by molar-refractivity contribution is 0.0703. The Kier molecular flexibility index (Phi) is 4.63. The Bertz CT molecular complexity index is 918. The second-order valence-electron chi connectivity index (χ2n) is 5.58. The summed E-state index contributed by atoms with van der Waals surface area (Å²) in [7, 11) is 0.855. The number of hydrogen-bond donors (Lipinski definition) is 1. The van der Waals surface area contributed by atoms with E-state index in [1.807, 2.05) is 30.5 Å². The van der Waals surface area contributed by atoms with Gasteiger partial charge in [0.25, 0.3) is 10.8 Å². The van der Waals surface area contributed by atoms with Gasteiger partial charge in [-0.25, -0.2) is 4.79 Å². The number of aromatic nitrogens is 1. The highest BCUT2D eigenvalue weighted by molar-refractivity contribution is 7.40. The maximum atomic E-state index is 12.7. The second-order valence-corrected chi connectivity index (χ2v) is 7.41. The van der Waals surface area contributed by atoms with E-state index in [2.05, 4.69) is 4.98 Å². The summed E-state index contributed by atoms with van der Waals surface area (Å²) in [5, 5.41) is 11.5. The average molecular weight is 353 g/mol. The maximum Gasteiger partial charge on any atom is 0.391 e. The first kappa shape index (κ1) is 16.9. The lowest BCUT2D eigenvalue weighted by Crippen LogP contribution is -2.27. The number of carboxylic acid groups (broad SMARTS) is 1. The van der Waals surface area contributed by atoms with Crippen molar-refractivity contribution < 1.29 is 14.7 Å². The van der Waals surface area contributed by atoms with Gasteiger partial charge in [-0.15, -0.1) is 0 Å². The summed E-state index contributed by atoms with van der Waals surface area (Å²) in [4.78, 5) is 31.0. The lowest BCUT2D eigenvalue weighted by Gasteiger charge is -2.15. The van der Waals surface area contributed by atoms with Gasteiger partial charge < -0.3 is 10.0 Å². The molecule has 1 N–H and O–H groups in total. The molecule has 1 aromatic carbocycles. The SMILES string of the molecule is Cc1ccc(C(=O)N(C)c2cc[s+](-c3cccnc3)c2C(=O)O)cc1. The number of aromatic carboxylic acids is 1. The van der Waals surface area contributed by atoms with Crippen molar-refractivity contribution in [3.63, 3.8) is 0 Å². The minimum absolute atomic E-state index is 0.205. The summed E-state index contributed by atoms with van der Waals surface area (Å²) >= 11 is 0. The Morgan fingerprint density at radius 2 is 1.84 bits per heavy atom. The fraction of sp³-hybridized carbons (Fsp3) is 0.105. The quantitative estimate of drug-likeness (QED) is 0.717. The van der Waals surface area contributed by atoms with Gasteiger partial charge in [0, 0.05) is 41.4 Å². The second kappa shape index (κ2) is 6.86. The van der Waals surface area contributed by atoms with Gasteiger partial charge in [0.1, 0.15) is 11.1 Å². The van der Waals surface area contributed by atoms with Crippen LogP contribution in [0.1, 0.15) is 25.6 Å². The fourth-order valence-corrected chi connectivity index (χ4v) is 4.34. The highest BCUT2D eigenvalue weighted by Gasteiger charge is 2.32. The van der Waals surface area contributed by atoms with Crippen LogP contribution in [0.4, 0.5) is 5.69 Å². The van der Waals surface area contributed by atoms with E-state index in [1.54, 1.807) is 43.7 Å². The maximum absolute atomic E-state index is 12.7. The first-order valence-corrected chi connectivity index (χ1v) is 8.91. The van der Waals surface area contributed by atoms with Crippen molar-refractivity contribution in [2.24, 2.45) is 0 Å². The number of rotatable bonds is 4. The zero-order chi connectivity index (χ0) is 18.0. The van der Waals surface area contributed by atoms with Crippen molar-refractivity contribution in [3.8, 4) is 4.90 Å². The summed E-state index contributed by atoms with van der Waals surface area (Å²) in [6, 6.07) is 12.5. The van der Waals surface area contributed by atoms with Gasteiger partial charge in [0.2, 0.25) is 0 Å². The molecular formula is C19H17N2O3S+. The van der Waals surface area contributed by atoms with Crippen molar-refractivity contribution in [3.05, 3.63) is 76.2 Å². The molecule has 5 nitrogen and oxygen atoms in total. The average Bonchev–Trinajstić information content (AvgIpc) is 3.07. The van der Waals surface area contributed by atoms with E-state index in [1.165, 1.54) is 4.90 Å². The van der Waals surface area contributed by atoms with E-state index < -0.39 is 16.4 Å².